The van der Waals surface area contributed by atoms with E-state index >= 15 is 0 Å². The zero-order valence-corrected chi connectivity index (χ0v) is 11.2. The van der Waals surface area contributed by atoms with Gasteiger partial charge in [0.05, 0.1) is 9.79 Å². The van der Waals surface area contributed by atoms with Gasteiger partial charge in [-0.3, -0.25) is 0 Å². The van der Waals surface area contributed by atoms with Crippen LogP contribution in [0, 0.1) is 13.8 Å². The molecule has 0 spiro atoms. The van der Waals surface area contributed by atoms with Gasteiger partial charge in [0.15, 0.2) is 0 Å². The van der Waals surface area contributed by atoms with E-state index in [2.05, 4.69) is 0 Å². The number of benzene rings is 2. The molecule has 0 heterocycles. The third-order valence-corrected chi connectivity index (χ3v) is 4.44. The van der Waals surface area contributed by atoms with E-state index in [1.54, 1.807) is 24.3 Å². The first-order valence-corrected chi connectivity index (χ1v) is 7.07. The van der Waals surface area contributed by atoms with Gasteiger partial charge in [-0.1, -0.05) is 6.07 Å². The Labute approximate surface area is 107 Å². The van der Waals surface area contributed by atoms with Crippen LogP contribution >= 0.6 is 0 Å². The van der Waals surface area contributed by atoms with E-state index in [1.807, 2.05) is 19.9 Å². The molecule has 0 bridgehead atoms. The van der Waals surface area contributed by atoms with Gasteiger partial charge in [-0.25, -0.2) is 8.42 Å². The summed E-state index contributed by atoms with van der Waals surface area (Å²) in [6.45, 7) is 3.77. The Morgan fingerprint density at radius 1 is 0.833 bits per heavy atom. The lowest BCUT2D eigenvalue weighted by molar-refractivity contribution is 0.596. The molecule has 0 atom stereocenters. The van der Waals surface area contributed by atoms with Crippen LogP contribution in [-0.2, 0) is 9.84 Å². The normalized spacial score (nSPS) is 11.4. The van der Waals surface area contributed by atoms with Gasteiger partial charge in [0.2, 0.25) is 9.84 Å². The Balaban J connectivity index is 2.57. The van der Waals surface area contributed by atoms with Crippen LogP contribution in [0.1, 0.15) is 11.1 Å². The number of nitrogen functional groups attached to an aromatic ring is 1. The summed E-state index contributed by atoms with van der Waals surface area (Å²) in [7, 11) is -3.46. The van der Waals surface area contributed by atoms with Crippen LogP contribution in [0.15, 0.2) is 52.3 Å². The number of aryl methyl sites for hydroxylation is 2. The van der Waals surface area contributed by atoms with E-state index in [0.717, 1.165) is 11.1 Å². The third-order valence-electron chi connectivity index (χ3n) is 2.70. The lowest BCUT2D eigenvalue weighted by atomic mass is 10.2. The van der Waals surface area contributed by atoms with Gasteiger partial charge in [-0.05, 0) is 61.4 Å². The zero-order chi connectivity index (χ0) is 13.3. The largest absolute Gasteiger partial charge is 0.399 e. The van der Waals surface area contributed by atoms with Crippen molar-refractivity contribution in [2.75, 3.05) is 5.73 Å². The molecule has 4 heteroatoms. The second-order valence-corrected chi connectivity index (χ2v) is 6.35. The lowest BCUT2D eigenvalue weighted by Gasteiger charge is -2.07. The second-order valence-electron chi connectivity index (χ2n) is 4.40. The van der Waals surface area contributed by atoms with Gasteiger partial charge in [-0.15, -0.1) is 0 Å². The standard InChI is InChI=1S/C14H15NO2S/c1-10-7-11(2)9-14(8-10)18(16,17)13-5-3-12(15)4-6-13/h3-9H,15H2,1-2H3. The summed E-state index contributed by atoms with van der Waals surface area (Å²) in [6.07, 6.45) is 0. The van der Waals surface area contributed by atoms with Crippen LogP contribution in [0.2, 0.25) is 0 Å². The minimum absolute atomic E-state index is 0.265. The van der Waals surface area contributed by atoms with Crippen molar-refractivity contribution in [2.24, 2.45) is 0 Å². The van der Waals surface area contributed by atoms with Gasteiger partial charge in [-0.2, -0.15) is 0 Å². The van der Waals surface area contributed by atoms with Crippen LogP contribution in [0.5, 0.6) is 0 Å². The van der Waals surface area contributed by atoms with E-state index in [9.17, 15) is 8.42 Å². The third kappa shape index (κ3) is 2.38. The Kier molecular flexibility index (Phi) is 3.13. The predicted octanol–water partition coefficient (Wildman–Crippen LogP) is 2.72. The maximum Gasteiger partial charge on any atom is 0.206 e. The van der Waals surface area contributed by atoms with E-state index in [1.165, 1.54) is 12.1 Å². The Hall–Kier alpha value is -1.81. The fourth-order valence-electron chi connectivity index (χ4n) is 1.87. The van der Waals surface area contributed by atoms with Crippen LogP contribution in [-0.4, -0.2) is 8.42 Å². The summed E-state index contributed by atoms with van der Waals surface area (Å²) in [5, 5.41) is 0. The number of sulfone groups is 1. The van der Waals surface area contributed by atoms with Crippen molar-refractivity contribution in [2.45, 2.75) is 23.6 Å². The molecule has 0 aliphatic heterocycles. The summed E-state index contributed by atoms with van der Waals surface area (Å²) in [5.74, 6) is 0. The molecule has 0 saturated heterocycles. The molecule has 0 unspecified atom stereocenters. The van der Waals surface area contributed by atoms with Gasteiger partial charge >= 0.3 is 0 Å². The van der Waals surface area contributed by atoms with Crippen molar-refractivity contribution in [3.8, 4) is 0 Å². The van der Waals surface area contributed by atoms with Crippen LogP contribution < -0.4 is 5.73 Å². The first-order valence-electron chi connectivity index (χ1n) is 5.58. The van der Waals surface area contributed by atoms with E-state index < -0.39 is 9.84 Å². The van der Waals surface area contributed by atoms with Crippen molar-refractivity contribution >= 4 is 15.5 Å². The van der Waals surface area contributed by atoms with E-state index in [-0.39, 0.29) is 4.90 Å². The number of rotatable bonds is 2. The molecule has 3 nitrogen and oxygen atoms in total. The highest BCUT2D eigenvalue weighted by atomic mass is 32.2. The molecule has 0 aliphatic rings. The average molecular weight is 261 g/mol. The first-order chi connectivity index (χ1) is 8.39. The van der Waals surface area contributed by atoms with Gasteiger partial charge in [0.1, 0.15) is 0 Å². The quantitative estimate of drug-likeness (QED) is 0.845. The molecule has 2 rings (SSSR count). The minimum atomic E-state index is -3.46. The number of anilines is 1. The number of nitrogens with two attached hydrogens (primary N) is 1. The van der Waals surface area contributed by atoms with Gasteiger partial charge in [0, 0.05) is 5.69 Å². The fraction of sp³-hybridized carbons (Fsp3) is 0.143. The smallest absolute Gasteiger partial charge is 0.206 e. The van der Waals surface area contributed by atoms with Crippen molar-refractivity contribution in [1.29, 1.82) is 0 Å². The molecule has 0 aliphatic carbocycles. The minimum Gasteiger partial charge on any atom is -0.399 e. The maximum atomic E-state index is 12.4. The lowest BCUT2D eigenvalue weighted by Crippen LogP contribution is -2.03. The summed E-state index contributed by atoms with van der Waals surface area (Å²) < 4.78 is 24.8. The maximum absolute atomic E-state index is 12.4. The number of hydrogen-bond donors (Lipinski definition) is 1. The van der Waals surface area contributed by atoms with Crippen molar-refractivity contribution in [3.63, 3.8) is 0 Å². The van der Waals surface area contributed by atoms with Crippen LogP contribution in [0.3, 0.4) is 0 Å². The topological polar surface area (TPSA) is 60.2 Å². The van der Waals surface area contributed by atoms with E-state index in [4.69, 9.17) is 5.73 Å². The summed E-state index contributed by atoms with van der Waals surface area (Å²) in [4.78, 5) is 0.589. The molecule has 2 aromatic carbocycles. The van der Waals surface area contributed by atoms with Crippen LogP contribution in [0.4, 0.5) is 5.69 Å². The molecule has 0 fully saturated rings. The van der Waals surface area contributed by atoms with Gasteiger partial charge < -0.3 is 5.73 Å². The van der Waals surface area contributed by atoms with Crippen molar-refractivity contribution in [1.82, 2.24) is 0 Å². The average Bonchev–Trinajstić information content (AvgIpc) is 2.28. The summed E-state index contributed by atoms with van der Waals surface area (Å²) in [5.41, 5.74) is 7.98. The Morgan fingerprint density at radius 2 is 1.33 bits per heavy atom. The molecule has 0 saturated carbocycles. The summed E-state index contributed by atoms with van der Waals surface area (Å²) >= 11 is 0. The molecule has 94 valence electrons. The molecule has 18 heavy (non-hydrogen) atoms. The highest BCUT2D eigenvalue weighted by Crippen LogP contribution is 2.23. The SMILES string of the molecule is Cc1cc(C)cc(S(=O)(=O)c2ccc(N)cc2)c1. The monoisotopic (exact) mass is 261 g/mol. The second kappa shape index (κ2) is 4.46. The number of hydrogen-bond acceptors (Lipinski definition) is 3. The molecular formula is C14H15NO2S. The summed E-state index contributed by atoms with van der Waals surface area (Å²) in [6, 6.07) is 11.6. The highest BCUT2D eigenvalue weighted by Gasteiger charge is 2.17. The molecule has 0 radical (unpaired) electrons. The molecule has 0 aromatic heterocycles. The van der Waals surface area contributed by atoms with Crippen LogP contribution in [0.25, 0.3) is 0 Å². The van der Waals surface area contributed by atoms with Gasteiger partial charge in [0.25, 0.3) is 0 Å². The molecule has 2 N–H and O–H groups in total. The van der Waals surface area contributed by atoms with Crippen molar-refractivity contribution in [3.05, 3.63) is 53.6 Å². The Morgan fingerprint density at radius 3 is 1.83 bits per heavy atom. The van der Waals surface area contributed by atoms with E-state index in [0.29, 0.717) is 10.6 Å². The molecule has 0 amide bonds. The highest BCUT2D eigenvalue weighted by molar-refractivity contribution is 7.91. The molecule has 2 aromatic rings. The zero-order valence-electron chi connectivity index (χ0n) is 10.3. The molecular weight excluding hydrogens is 246 g/mol. The first kappa shape index (κ1) is 12.6. The van der Waals surface area contributed by atoms with Crippen molar-refractivity contribution < 1.29 is 8.42 Å². The fourth-order valence-corrected chi connectivity index (χ4v) is 3.32. The predicted molar refractivity (Wildman–Crippen MR) is 72.2 cm³/mol. The Bertz CT molecular complexity index is 653.